The Kier molecular flexibility index (Phi) is 4.34. The quantitative estimate of drug-likeness (QED) is 0.769. The number of furan rings is 1. The molecule has 0 saturated carbocycles. The van der Waals surface area contributed by atoms with Crippen LogP contribution >= 0.6 is 11.6 Å². The first kappa shape index (κ1) is 15.2. The van der Waals surface area contributed by atoms with Crippen molar-refractivity contribution in [3.63, 3.8) is 0 Å². The maximum absolute atomic E-state index is 12.0. The molecule has 0 bridgehead atoms. The third kappa shape index (κ3) is 3.54. The van der Waals surface area contributed by atoms with Gasteiger partial charge in [0.2, 0.25) is 11.8 Å². The molecule has 1 amide bonds. The Morgan fingerprint density at radius 3 is 2.91 bits per heavy atom. The summed E-state index contributed by atoms with van der Waals surface area (Å²) in [5, 5.41) is 6.93. The third-order valence-electron chi connectivity index (χ3n) is 3.13. The van der Waals surface area contributed by atoms with Gasteiger partial charge in [-0.25, -0.2) is 0 Å². The zero-order valence-corrected chi connectivity index (χ0v) is 13.0. The van der Waals surface area contributed by atoms with Gasteiger partial charge in [0, 0.05) is 6.07 Å². The van der Waals surface area contributed by atoms with Gasteiger partial charge < -0.3 is 13.7 Å². The minimum absolute atomic E-state index is 0.153. The second-order valence-electron chi connectivity index (χ2n) is 4.75. The highest BCUT2D eigenvalue weighted by atomic mass is 35.5. The maximum atomic E-state index is 12.0. The van der Waals surface area contributed by atoms with Gasteiger partial charge >= 0.3 is 0 Å². The summed E-state index contributed by atoms with van der Waals surface area (Å²) in [6, 6.07) is 10.3. The molecule has 23 heavy (non-hydrogen) atoms. The number of hydrogen-bond acceptors (Lipinski definition) is 5. The van der Waals surface area contributed by atoms with Gasteiger partial charge in [-0.3, -0.25) is 10.1 Å². The van der Waals surface area contributed by atoms with E-state index in [4.69, 9.17) is 25.3 Å². The lowest BCUT2D eigenvalue weighted by atomic mass is 10.1. The zero-order chi connectivity index (χ0) is 16.2. The fraction of sp³-hybridized carbons (Fsp3) is 0.125. The van der Waals surface area contributed by atoms with E-state index in [9.17, 15) is 4.79 Å². The van der Waals surface area contributed by atoms with Gasteiger partial charge in [0.1, 0.15) is 5.75 Å². The van der Waals surface area contributed by atoms with Gasteiger partial charge in [0.25, 0.3) is 0 Å². The van der Waals surface area contributed by atoms with Crippen LogP contribution < -0.4 is 10.1 Å². The largest absolute Gasteiger partial charge is 0.495 e. The van der Waals surface area contributed by atoms with E-state index in [0.717, 1.165) is 5.56 Å². The minimum atomic E-state index is -0.242. The van der Waals surface area contributed by atoms with Crippen LogP contribution in [0.2, 0.25) is 5.02 Å². The van der Waals surface area contributed by atoms with Crippen LogP contribution in [0.25, 0.3) is 11.5 Å². The predicted octanol–water partition coefficient (Wildman–Crippen LogP) is 3.78. The molecule has 2 aromatic heterocycles. The molecule has 0 saturated heterocycles. The molecule has 1 aromatic carbocycles. The number of ether oxygens (including phenoxy) is 1. The molecule has 0 atom stereocenters. The number of rotatable bonds is 5. The topological polar surface area (TPSA) is 77.5 Å². The van der Waals surface area contributed by atoms with Gasteiger partial charge in [-0.15, -0.1) is 0 Å². The predicted molar refractivity (Wildman–Crippen MR) is 84.5 cm³/mol. The van der Waals surface area contributed by atoms with Crippen molar-refractivity contribution in [1.29, 1.82) is 0 Å². The smallest absolute Gasteiger partial charge is 0.231 e. The number of nitrogens with one attached hydrogen (secondary N) is 1. The van der Waals surface area contributed by atoms with Crippen molar-refractivity contribution in [3.05, 3.63) is 53.2 Å². The molecule has 6 nitrogen and oxygen atoms in total. The summed E-state index contributed by atoms with van der Waals surface area (Å²) in [7, 11) is 1.54. The van der Waals surface area contributed by atoms with Gasteiger partial charge in [0.05, 0.1) is 24.8 Å². The second kappa shape index (κ2) is 6.58. The first-order chi connectivity index (χ1) is 11.2. The summed E-state index contributed by atoms with van der Waals surface area (Å²) in [4.78, 5) is 12.0. The van der Waals surface area contributed by atoms with Crippen molar-refractivity contribution in [2.75, 3.05) is 12.4 Å². The van der Waals surface area contributed by atoms with Crippen molar-refractivity contribution >= 4 is 23.4 Å². The molecular formula is C16H13ClN2O4. The molecule has 0 aliphatic rings. The number of carbonyl (C=O) groups excluding carboxylic acids is 1. The van der Waals surface area contributed by atoms with E-state index in [1.54, 1.807) is 36.4 Å². The summed E-state index contributed by atoms with van der Waals surface area (Å²) in [6.07, 6.45) is 1.69. The summed E-state index contributed by atoms with van der Waals surface area (Å²) in [5.74, 6) is 1.14. The van der Waals surface area contributed by atoms with Crippen LogP contribution in [0.4, 0.5) is 5.88 Å². The lowest BCUT2D eigenvalue weighted by molar-refractivity contribution is -0.115. The number of benzene rings is 1. The van der Waals surface area contributed by atoms with E-state index in [1.165, 1.54) is 13.4 Å². The molecule has 0 spiro atoms. The molecule has 0 unspecified atom stereocenters. The van der Waals surface area contributed by atoms with E-state index in [-0.39, 0.29) is 18.2 Å². The van der Waals surface area contributed by atoms with Gasteiger partial charge in [0.15, 0.2) is 11.5 Å². The fourth-order valence-electron chi connectivity index (χ4n) is 2.06. The van der Waals surface area contributed by atoms with E-state index >= 15 is 0 Å². The number of hydrogen-bond donors (Lipinski definition) is 1. The van der Waals surface area contributed by atoms with Crippen LogP contribution in [0.15, 0.2) is 51.6 Å². The Morgan fingerprint density at radius 2 is 2.22 bits per heavy atom. The highest BCUT2D eigenvalue weighted by Gasteiger charge is 2.12. The van der Waals surface area contributed by atoms with E-state index < -0.39 is 0 Å². The second-order valence-corrected chi connectivity index (χ2v) is 5.15. The number of halogens is 1. The Bertz CT molecular complexity index is 811. The van der Waals surface area contributed by atoms with E-state index in [1.807, 2.05) is 0 Å². The molecule has 1 N–H and O–H groups in total. The molecule has 0 fully saturated rings. The lowest BCUT2D eigenvalue weighted by Gasteiger charge is -2.05. The number of carbonyl (C=O) groups is 1. The van der Waals surface area contributed by atoms with Gasteiger partial charge in [-0.2, -0.15) is 0 Å². The minimum Gasteiger partial charge on any atom is -0.495 e. The number of anilines is 1. The summed E-state index contributed by atoms with van der Waals surface area (Å²) >= 11 is 6.04. The van der Waals surface area contributed by atoms with Crippen LogP contribution in [0.5, 0.6) is 5.75 Å². The molecule has 0 aliphatic carbocycles. The highest BCUT2D eigenvalue weighted by Crippen LogP contribution is 2.25. The fourth-order valence-corrected chi connectivity index (χ4v) is 2.34. The maximum Gasteiger partial charge on any atom is 0.231 e. The van der Waals surface area contributed by atoms with Crippen LogP contribution in [-0.4, -0.2) is 18.2 Å². The van der Waals surface area contributed by atoms with Crippen LogP contribution in [-0.2, 0) is 11.2 Å². The number of aromatic nitrogens is 1. The van der Waals surface area contributed by atoms with Crippen molar-refractivity contribution < 1.29 is 18.5 Å². The van der Waals surface area contributed by atoms with E-state index in [2.05, 4.69) is 10.5 Å². The third-order valence-corrected chi connectivity index (χ3v) is 3.42. The molecule has 2 heterocycles. The molecular weight excluding hydrogens is 320 g/mol. The normalized spacial score (nSPS) is 10.5. The average molecular weight is 333 g/mol. The molecule has 118 valence electrons. The van der Waals surface area contributed by atoms with Crippen molar-refractivity contribution in [2.45, 2.75) is 6.42 Å². The standard InChI is InChI=1S/C16H13ClN2O4/c1-21-13-5-4-10(7-11(13)17)8-15(20)18-16-9-12(19-23-16)14-3-2-6-22-14/h2-7,9H,8H2,1H3,(H,18,20). The molecule has 0 radical (unpaired) electrons. The molecule has 3 rings (SSSR count). The van der Waals surface area contributed by atoms with Crippen LogP contribution in [0.3, 0.4) is 0 Å². The Morgan fingerprint density at radius 1 is 1.35 bits per heavy atom. The molecule has 3 aromatic rings. The Hall–Kier alpha value is -2.73. The number of amides is 1. The summed E-state index contributed by atoms with van der Waals surface area (Å²) < 4.78 is 15.3. The summed E-state index contributed by atoms with van der Waals surface area (Å²) in [6.45, 7) is 0. The number of methoxy groups -OCH3 is 1. The summed E-state index contributed by atoms with van der Waals surface area (Å²) in [5.41, 5.74) is 1.27. The van der Waals surface area contributed by atoms with E-state index in [0.29, 0.717) is 22.2 Å². The van der Waals surface area contributed by atoms with Crippen LogP contribution in [0, 0.1) is 0 Å². The van der Waals surface area contributed by atoms with Crippen LogP contribution in [0.1, 0.15) is 5.56 Å². The SMILES string of the molecule is COc1ccc(CC(=O)Nc2cc(-c3ccco3)no2)cc1Cl. The van der Waals surface area contributed by atoms with Crippen molar-refractivity contribution in [2.24, 2.45) is 0 Å². The van der Waals surface area contributed by atoms with Crippen molar-refractivity contribution in [1.82, 2.24) is 5.16 Å². The zero-order valence-electron chi connectivity index (χ0n) is 12.2. The first-order valence-electron chi connectivity index (χ1n) is 6.78. The monoisotopic (exact) mass is 332 g/mol. The molecule has 0 aliphatic heterocycles. The Labute approximate surface area is 137 Å². The lowest BCUT2D eigenvalue weighted by Crippen LogP contribution is -2.13. The molecule has 7 heteroatoms. The average Bonchev–Trinajstić information content (AvgIpc) is 3.18. The Balaban J connectivity index is 1.64. The highest BCUT2D eigenvalue weighted by molar-refractivity contribution is 6.32. The van der Waals surface area contributed by atoms with Crippen molar-refractivity contribution in [3.8, 4) is 17.2 Å². The van der Waals surface area contributed by atoms with Gasteiger partial charge in [-0.05, 0) is 29.8 Å². The van der Waals surface area contributed by atoms with Gasteiger partial charge in [-0.1, -0.05) is 22.8 Å². The first-order valence-corrected chi connectivity index (χ1v) is 7.16. The number of nitrogens with zero attached hydrogens (tertiary/aromatic N) is 1.